The van der Waals surface area contributed by atoms with Crippen LogP contribution in [0, 0.1) is 11.7 Å². The topological polar surface area (TPSA) is 24.5 Å². The maximum atomic E-state index is 14.4. The van der Waals surface area contributed by atoms with E-state index in [0.29, 0.717) is 17.2 Å². The van der Waals surface area contributed by atoms with Crippen LogP contribution in [0.1, 0.15) is 31.9 Å². The van der Waals surface area contributed by atoms with E-state index >= 15 is 0 Å². The summed E-state index contributed by atoms with van der Waals surface area (Å²) in [5.41, 5.74) is 0.714. The molecule has 4 heteroatoms. The van der Waals surface area contributed by atoms with Crippen molar-refractivity contribution in [3.8, 4) is 5.75 Å². The minimum Gasteiger partial charge on any atom is -0.496 e. The summed E-state index contributed by atoms with van der Waals surface area (Å²) in [7, 11) is 1.61. The molecule has 0 saturated carbocycles. The predicted octanol–water partition coefficient (Wildman–Crippen LogP) is 2.83. The van der Waals surface area contributed by atoms with Gasteiger partial charge in [0, 0.05) is 37.8 Å². The minimum atomic E-state index is -0.159. The summed E-state index contributed by atoms with van der Waals surface area (Å²) in [4.78, 5) is 2.37. The number of benzene rings is 1. The van der Waals surface area contributed by atoms with Crippen molar-refractivity contribution in [2.75, 3.05) is 33.3 Å². The highest BCUT2D eigenvalue weighted by atomic mass is 19.1. The monoisotopic (exact) mass is 280 g/mol. The number of halogens is 1. The first-order valence-corrected chi connectivity index (χ1v) is 7.40. The van der Waals surface area contributed by atoms with Crippen LogP contribution in [-0.4, -0.2) is 38.2 Å². The smallest absolute Gasteiger partial charge is 0.131 e. The summed E-state index contributed by atoms with van der Waals surface area (Å²) in [5.74, 6) is 1.02. The number of piperazine rings is 1. The van der Waals surface area contributed by atoms with Crippen LogP contribution in [0.4, 0.5) is 4.39 Å². The first-order valence-electron chi connectivity index (χ1n) is 7.40. The number of ether oxygens (including phenoxy) is 1. The third-order valence-electron chi connectivity index (χ3n) is 3.85. The zero-order valence-electron chi connectivity index (χ0n) is 12.7. The van der Waals surface area contributed by atoms with E-state index in [4.69, 9.17) is 4.74 Å². The summed E-state index contributed by atoms with van der Waals surface area (Å²) in [6.45, 7) is 8.20. The molecule has 1 aliphatic rings. The lowest BCUT2D eigenvalue weighted by Crippen LogP contribution is -2.45. The summed E-state index contributed by atoms with van der Waals surface area (Å²) < 4.78 is 19.8. The Morgan fingerprint density at radius 2 is 2.00 bits per heavy atom. The molecule has 1 fully saturated rings. The maximum absolute atomic E-state index is 14.4. The van der Waals surface area contributed by atoms with Gasteiger partial charge in [0.2, 0.25) is 0 Å². The molecule has 0 aromatic heterocycles. The summed E-state index contributed by atoms with van der Waals surface area (Å²) in [6, 6.07) is 5.19. The number of methoxy groups -OCH3 is 1. The average molecular weight is 280 g/mol. The molecule has 20 heavy (non-hydrogen) atoms. The molecule has 112 valence electrons. The standard InChI is InChI=1S/C16H25FN2O/c1-12(2)11-14(19-9-7-18-8-10-19)16-13(17)5-4-6-15(16)20-3/h4-6,12,14,18H,7-11H2,1-3H3/t14-/m1/s1. The third-order valence-corrected chi connectivity index (χ3v) is 3.85. The molecule has 3 nitrogen and oxygen atoms in total. The zero-order chi connectivity index (χ0) is 14.5. The molecule has 1 aromatic carbocycles. The highest BCUT2D eigenvalue weighted by Gasteiger charge is 2.28. The largest absolute Gasteiger partial charge is 0.496 e. The van der Waals surface area contributed by atoms with Gasteiger partial charge in [-0.2, -0.15) is 0 Å². The summed E-state index contributed by atoms with van der Waals surface area (Å²) in [5, 5.41) is 3.35. The molecule has 0 radical (unpaired) electrons. The Morgan fingerprint density at radius 3 is 2.60 bits per heavy atom. The van der Waals surface area contributed by atoms with Crippen molar-refractivity contribution in [1.82, 2.24) is 10.2 Å². The molecule has 2 rings (SSSR count). The van der Waals surface area contributed by atoms with E-state index in [2.05, 4.69) is 24.1 Å². The van der Waals surface area contributed by atoms with Crippen LogP contribution in [-0.2, 0) is 0 Å². The van der Waals surface area contributed by atoms with Crippen LogP contribution >= 0.6 is 0 Å². The van der Waals surface area contributed by atoms with Gasteiger partial charge in [0.25, 0.3) is 0 Å². The average Bonchev–Trinajstić information content (AvgIpc) is 2.45. The van der Waals surface area contributed by atoms with Gasteiger partial charge in [-0.3, -0.25) is 4.90 Å². The first kappa shape index (κ1) is 15.3. The van der Waals surface area contributed by atoms with Crippen LogP contribution in [0.3, 0.4) is 0 Å². The lowest BCUT2D eigenvalue weighted by Gasteiger charge is -2.36. The number of hydrogen-bond donors (Lipinski definition) is 1. The second-order valence-corrected chi connectivity index (χ2v) is 5.79. The SMILES string of the molecule is COc1cccc(F)c1[C@@H](CC(C)C)N1CCNCC1. The Balaban J connectivity index is 2.34. The normalized spacial score (nSPS) is 18.2. The van der Waals surface area contributed by atoms with Crippen LogP contribution in [0.25, 0.3) is 0 Å². The van der Waals surface area contributed by atoms with E-state index in [1.165, 1.54) is 6.07 Å². The third kappa shape index (κ3) is 3.49. The van der Waals surface area contributed by atoms with Gasteiger partial charge in [-0.25, -0.2) is 4.39 Å². The molecule has 1 N–H and O–H groups in total. The molecule has 1 heterocycles. The molecule has 1 aliphatic heterocycles. The first-order chi connectivity index (χ1) is 9.63. The quantitative estimate of drug-likeness (QED) is 0.897. The fourth-order valence-corrected chi connectivity index (χ4v) is 2.91. The summed E-state index contributed by atoms with van der Waals surface area (Å²) in [6.07, 6.45) is 0.942. The summed E-state index contributed by atoms with van der Waals surface area (Å²) >= 11 is 0. The van der Waals surface area contributed by atoms with Crippen LogP contribution in [0.5, 0.6) is 5.75 Å². The molecule has 0 unspecified atom stereocenters. The Bertz CT molecular complexity index is 430. The Kier molecular flexibility index (Phi) is 5.38. The van der Waals surface area contributed by atoms with Gasteiger partial charge in [-0.1, -0.05) is 19.9 Å². The predicted molar refractivity (Wildman–Crippen MR) is 79.6 cm³/mol. The highest BCUT2D eigenvalue weighted by Crippen LogP contribution is 2.36. The van der Waals surface area contributed by atoms with Crippen LogP contribution < -0.4 is 10.1 Å². The van der Waals surface area contributed by atoms with Crippen molar-refractivity contribution in [3.05, 3.63) is 29.6 Å². The van der Waals surface area contributed by atoms with Crippen molar-refractivity contribution < 1.29 is 9.13 Å². The zero-order valence-corrected chi connectivity index (χ0v) is 12.7. The number of nitrogens with one attached hydrogen (secondary N) is 1. The lowest BCUT2D eigenvalue weighted by molar-refractivity contribution is 0.148. The molecule has 0 amide bonds. The van der Waals surface area contributed by atoms with Crippen molar-refractivity contribution in [3.63, 3.8) is 0 Å². The Labute approximate surface area is 121 Å². The van der Waals surface area contributed by atoms with Gasteiger partial charge in [0.05, 0.1) is 7.11 Å². The Morgan fingerprint density at radius 1 is 1.30 bits per heavy atom. The number of hydrogen-bond acceptors (Lipinski definition) is 3. The van der Waals surface area contributed by atoms with Crippen LogP contribution in [0.15, 0.2) is 18.2 Å². The maximum Gasteiger partial charge on any atom is 0.131 e. The molecule has 1 aromatic rings. The molecule has 0 aliphatic carbocycles. The number of nitrogens with zero attached hydrogens (tertiary/aromatic N) is 1. The van der Waals surface area contributed by atoms with E-state index in [1.54, 1.807) is 13.2 Å². The van der Waals surface area contributed by atoms with Crippen LogP contribution in [0.2, 0.25) is 0 Å². The second kappa shape index (κ2) is 7.04. The molecular formula is C16H25FN2O. The molecular weight excluding hydrogens is 255 g/mol. The fourth-order valence-electron chi connectivity index (χ4n) is 2.91. The van der Waals surface area contributed by atoms with Crippen molar-refractivity contribution in [2.24, 2.45) is 5.92 Å². The van der Waals surface area contributed by atoms with Crippen molar-refractivity contribution in [2.45, 2.75) is 26.3 Å². The second-order valence-electron chi connectivity index (χ2n) is 5.79. The van der Waals surface area contributed by atoms with Gasteiger partial charge >= 0.3 is 0 Å². The van der Waals surface area contributed by atoms with Gasteiger partial charge in [0.15, 0.2) is 0 Å². The van der Waals surface area contributed by atoms with E-state index < -0.39 is 0 Å². The fraction of sp³-hybridized carbons (Fsp3) is 0.625. The Hall–Kier alpha value is -1.13. The number of rotatable bonds is 5. The minimum absolute atomic E-state index is 0.0910. The molecule has 0 spiro atoms. The molecule has 0 bridgehead atoms. The molecule has 1 atom stereocenters. The van der Waals surface area contributed by atoms with Gasteiger partial charge in [0.1, 0.15) is 11.6 Å². The van der Waals surface area contributed by atoms with Crippen molar-refractivity contribution in [1.29, 1.82) is 0 Å². The van der Waals surface area contributed by atoms with E-state index in [0.717, 1.165) is 32.6 Å². The van der Waals surface area contributed by atoms with Crippen molar-refractivity contribution >= 4 is 0 Å². The van der Waals surface area contributed by atoms with E-state index in [9.17, 15) is 4.39 Å². The van der Waals surface area contributed by atoms with Gasteiger partial charge in [-0.15, -0.1) is 0 Å². The van der Waals surface area contributed by atoms with E-state index in [1.807, 2.05) is 6.07 Å². The van der Waals surface area contributed by atoms with Gasteiger partial charge in [-0.05, 0) is 24.5 Å². The lowest BCUT2D eigenvalue weighted by atomic mass is 9.94. The van der Waals surface area contributed by atoms with Gasteiger partial charge < -0.3 is 10.1 Å². The highest BCUT2D eigenvalue weighted by molar-refractivity contribution is 5.37. The van der Waals surface area contributed by atoms with E-state index in [-0.39, 0.29) is 11.9 Å². The molecule has 1 saturated heterocycles.